The molecule has 0 bridgehead atoms. The summed E-state index contributed by atoms with van der Waals surface area (Å²) in [6.07, 6.45) is 8.16. The number of phosphoric ester groups is 1. The summed E-state index contributed by atoms with van der Waals surface area (Å²) in [6.45, 7) is 6.01. The second-order valence-corrected chi connectivity index (χ2v) is 7.61. The third-order valence-corrected chi connectivity index (χ3v) is 4.55. The zero-order valence-electron chi connectivity index (χ0n) is 16.4. The van der Waals surface area contributed by atoms with Gasteiger partial charge in [-0.15, -0.1) is 6.58 Å². The van der Waals surface area contributed by atoms with E-state index in [1.807, 2.05) is 6.08 Å². The van der Waals surface area contributed by atoms with Gasteiger partial charge in [-0.1, -0.05) is 31.8 Å². The van der Waals surface area contributed by atoms with Crippen molar-refractivity contribution >= 4 is 13.8 Å². The number of hydrogen-bond acceptors (Lipinski definition) is 8. The van der Waals surface area contributed by atoms with E-state index in [0.717, 1.165) is 38.5 Å². The second-order valence-electron chi connectivity index (χ2n) is 6.15. The van der Waals surface area contributed by atoms with Crippen LogP contribution in [0.4, 0.5) is 0 Å². The first-order chi connectivity index (χ1) is 13.3. The number of carbonyl (C=O) groups excluding carboxylic acids is 1. The van der Waals surface area contributed by atoms with Gasteiger partial charge in [-0.2, -0.15) is 0 Å². The van der Waals surface area contributed by atoms with E-state index in [1.165, 1.54) is 0 Å². The van der Waals surface area contributed by atoms with Gasteiger partial charge in [0.15, 0.2) is 6.10 Å². The van der Waals surface area contributed by atoms with Gasteiger partial charge in [0.05, 0.1) is 13.2 Å². The van der Waals surface area contributed by atoms with Gasteiger partial charge in [-0.25, -0.2) is 4.57 Å². The molecule has 2 atom stereocenters. The number of rotatable bonds is 19. The lowest BCUT2D eigenvalue weighted by molar-refractivity contribution is -0.154. The quantitative estimate of drug-likeness (QED) is 0.0938. The van der Waals surface area contributed by atoms with Crippen molar-refractivity contribution < 1.29 is 37.9 Å². The van der Waals surface area contributed by atoms with Crippen LogP contribution >= 0.6 is 7.82 Å². The number of carbonyl (C=O) groups is 1. The van der Waals surface area contributed by atoms with Crippen LogP contribution in [0.3, 0.4) is 0 Å². The summed E-state index contributed by atoms with van der Waals surface area (Å²) in [4.78, 5) is 21.4. The monoisotopic (exact) mass is 423 g/mol. The number of aliphatic hydroxyl groups is 1. The van der Waals surface area contributed by atoms with E-state index in [2.05, 4.69) is 17.7 Å². The summed E-state index contributed by atoms with van der Waals surface area (Å²) in [5.74, 6) is -1.05. The lowest BCUT2D eigenvalue weighted by Gasteiger charge is -2.19. The summed E-state index contributed by atoms with van der Waals surface area (Å²) in [5.41, 5.74) is 5.19. The van der Waals surface area contributed by atoms with Crippen LogP contribution in [0.15, 0.2) is 25.2 Å². The number of allylic oxidation sites excluding steroid dienone is 1. The molecule has 0 fully saturated rings. The standard InChI is InChI=1S/C18H34NO8P/c1-3-4-5-6-7-8-9-10-11-18(21)27-17(14-24-16(2)20)15-26-28(22,23)25-13-12-19/h3,17,20H,1-2,4-15,19H2,(H,22,23)/t17-/m1/s1. The number of esters is 1. The van der Waals surface area contributed by atoms with Crippen LogP contribution in [0.5, 0.6) is 0 Å². The third kappa shape index (κ3) is 16.8. The van der Waals surface area contributed by atoms with Crippen LogP contribution in [0, 0.1) is 0 Å². The number of hydrogen-bond donors (Lipinski definition) is 3. The molecule has 28 heavy (non-hydrogen) atoms. The molecule has 0 aromatic heterocycles. The minimum atomic E-state index is -4.31. The Balaban J connectivity index is 4.20. The van der Waals surface area contributed by atoms with Crippen LogP contribution in [-0.2, 0) is 27.9 Å². The van der Waals surface area contributed by atoms with E-state index in [4.69, 9.17) is 24.8 Å². The van der Waals surface area contributed by atoms with E-state index in [1.54, 1.807) is 0 Å². The Bertz CT molecular complexity index is 500. The molecule has 9 nitrogen and oxygen atoms in total. The lowest BCUT2D eigenvalue weighted by atomic mass is 10.1. The molecule has 0 spiro atoms. The predicted octanol–water partition coefficient (Wildman–Crippen LogP) is 3.34. The maximum atomic E-state index is 12.0. The van der Waals surface area contributed by atoms with Gasteiger partial charge < -0.3 is 25.2 Å². The SMILES string of the molecule is C=CCCCCCCCCC(=O)O[C@H](COC(=C)O)COP(=O)(O)OCCN. The fourth-order valence-corrected chi connectivity index (χ4v) is 2.96. The Kier molecular flexibility index (Phi) is 15.7. The molecule has 0 amide bonds. The molecule has 0 aromatic rings. The predicted molar refractivity (Wildman–Crippen MR) is 106 cm³/mol. The molecule has 0 saturated carbocycles. The van der Waals surface area contributed by atoms with E-state index in [-0.39, 0.29) is 26.2 Å². The molecule has 0 saturated heterocycles. The molecule has 0 radical (unpaired) electrons. The van der Waals surface area contributed by atoms with Crippen LogP contribution in [0.2, 0.25) is 0 Å². The van der Waals surface area contributed by atoms with Crippen molar-refractivity contribution in [1.29, 1.82) is 0 Å². The largest absolute Gasteiger partial charge is 0.481 e. The van der Waals surface area contributed by atoms with E-state index in [9.17, 15) is 14.3 Å². The fraction of sp³-hybridized carbons (Fsp3) is 0.722. The minimum Gasteiger partial charge on any atom is -0.481 e. The summed E-state index contributed by atoms with van der Waals surface area (Å²) < 4.78 is 31.0. The Labute approximate surface area is 167 Å². The topological polar surface area (TPSA) is 138 Å². The number of unbranched alkanes of at least 4 members (excludes halogenated alkanes) is 6. The van der Waals surface area contributed by atoms with Crippen molar-refractivity contribution in [2.75, 3.05) is 26.4 Å². The van der Waals surface area contributed by atoms with Gasteiger partial charge in [0, 0.05) is 13.0 Å². The highest BCUT2D eigenvalue weighted by Crippen LogP contribution is 2.43. The van der Waals surface area contributed by atoms with Crippen molar-refractivity contribution in [1.82, 2.24) is 0 Å². The molecule has 0 rings (SSSR count). The van der Waals surface area contributed by atoms with Crippen molar-refractivity contribution in [3.63, 3.8) is 0 Å². The second kappa shape index (κ2) is 16.6. The van der Waals surface area contributed by atoms with Crippen molar-refractivity contribution in [3.8, 4) is 0 Å². The molecule has 0 aliphatic carbocycles. The Morgan fingerprint density at radius 3 is 2.36 bits per heavy atom. The molecule has 10 heteroatoms. The lowest BCUT2D eigenvalue weighted by Crippen LogP contribution is -2.28. The summed E-state index contributed by atoms with van der Waals surface area (Å²) >= 11 is 0. The van der Waals surface area contributed by atoms with Crippen LogP contribution in [0.1, 0.15) is 51.4 Å². The van der Waals surface area contributed by atoms with Gasteiger partial charge in [0.25, 0.3) is 5.95 Å². The Morgan fingerprint density at radius 2 is 1.75 bits per heavy atom. The summed E-state index contributed by atoms with van der Waals surface area (Å²) in [5, 5.41) is 9.01. The first-order valence-electron chi connectivity index (χ1n) is 9.43. The molecule has 0 aliphatic rings. The zero-order valence-corrected chi connectivity index (χ0v) is 17.3. The maximum Gasteiger partial charge on any atom is 0.472 e. The number of nitrogens with two attached hydrogens (primary N) is 1. The van der Waals surface area contributed by atoms with E-state index in [0.29, 0.717) is 6.42 Å². The molecular weight excluding hydrogens is 389 g/mol. The average Bonchev–Trinajstić information content (AvgIpc) is 2.64. The number of phosphoric acid groups is 1. The molecule has 0 heterocycles. The molecule has 0 aliphatic heterocycles. The van der Waals surface area contributed by atoms with Gasteiger partial charge in [-0.3, -0.25) is 13.8 Å². The van der Waals surface area contributed by atoms with Crippen molar-refractivity contribution in [2.45, 2.75) is 57.5 Å². The number of aliphatic hydroxyl groups excluding tert-OH is 1. The van der Waals surface area contributed by atoms with E-state index >= 15 is 0 Å². The molecular formula is C18H34NO8P. The average molecular weight is 423 g/mol. The van der Waals surface area contributed by atoms with Crippen molar-refractivity contribution in [2.24, 2.45) is 5.73 Å². The number of ether oxygens (including phenoxy) is 2. The summed E-state index contributed by atoms with van der Waals surface area (Å²) in [6, 6.07) is 0. The highest BCUT2D eigenvalue weighted by molar-refractivity contribution is 7.47. The maximum absolute atomic E-state index is 12.0. The summed E-state index contributed by atoms with van der Waals surface area (Å²) in [7, 11) is -4.31. The van der Waals surface area contributed by atoms with Gasteiger partial charge in [-0.05, 0) is 25.8 Å². The molecule has 0 aromatic carbocycles. The van der Waals surface area contributed by atoms with Gasteiger partial charge >= 0.3 is 13.8 Å². The van der Waals surface area contributed by atoms with Crippen LogP contribution in [-0.4, -0.2) is 48.4 Å². The highest BCUT2D eigenvalue weighted by atomic mass is 31.2. The molecule has 1 unspecified atom stereocenters. The van der Waals surface area contributed by atoms with Gasteiger partial charge in [0.1, 0.15) is 6.61 Å². The third-order valence-electron chi connectivity index (χ3n) is 3.57. The zero-order chi connectivity index (χ0) is 21.3. The van der Waals surface area contributed by atoms with Crippen molar-refractivity contribution in [3.05, 3.63) is 25.2 Å². The van der Waals surface area contributed by atoms with Gasteiger partial charge in [0.2, 0.25) is 0 Å². The fourth-order valence-electron chi connectivity index (χ4n) is 2.20. The van der Waals surface area contributed by atoms with Crippen LogP contribution in [0.25, 0.3) is 0 Å². The Morgan fingerprint density at radius 1 is 1.11 bits per heavy atom. The van der Waals surface area contributed by atoms with Crippen LogP contribution < -0.4 is 5.73 Å². The Hall–Kier alpha value is -1.38. The first kappa shape index (κ1) is 26.6. The molecule has 4 N–H and O–H groups in total. The normalized spacial score (nSPS) is 14.1. The smallest absolute Gasteiger partial charge is 0.472 e. The molecule has 164 valence electrons. The first-order valence-corrected chi connectivity index (χ1v) is 10.9. The minimum absolute atomic E-state index is 0.0496. The van der Waals surface area contributed by atoms with E-state index < -0.39 is 32.4 Å². The highest BCUT2D eigenvalue weighted by Gasteiger charge is 2.25.